The lowest BCUT2D eigenvalue weighted by Crippen LogP contribution is -1.90. The summed E-state index contributed by atoms with van der Waals surface area (Å²) in [6.45, 7) is 0. The van der Waals surface area contributed by atoms with E-state index in [1.165, 1.54) is 11.8 Å². The topological polar surface area (TPSA) is 75.6 Å². The zero-order valence-corrected chi connectivity index (χ0v) is 9.11. The quantitative estimate of drug-likeness (QED) is 0.851. The van der Waals surface area contributed by atoms with Crippen LogP contribution in [0.5, 0.6) is 0 Å². The van der Waals surface area contributed by atoms with E-state index in [9.17, 15) is 0 Å². The van der Waals surface area contributed by atoms with Crippen LogP contribution in [0.1, 0.15) is 5.56 Å². The molecule has 0 radical (unpaired) electrons. The summed E-state index contributed by atoms with van der Waals surface area (Å²) in [4.78, 5) is 9.57. The van der Waals surface area contributed by atoms with E-state index in [1.807, 2.05) is 6.07 Å². The van der Waals surface area contributed by atoms with Gasteiger partial charge in [-0.05, 0) is 12.1 Å². The van der Waals surface area contributed by atoms with Crippen LogP contribution >= 0.6 is 11.8 Å². The number of nitrogen functional groups attached to an aromatic ring is 1. The highest BCUT2D eigenvalue weighted by atomic mass is 32.2. The van der Waals surface area contributed by atoms with Crippen LogP contribution in [0.15, 0.2) is 46.7 Å². The van der Waals surface area contributed by atoms with Gasteiger partial charge in [0.15, 0.2) is 0 Å². The lowest BCUT2D eigenvalue weighted by Gasteiger charge is -2.04. The largest absolute Gasteiger partial charge is 0.397 e. The van der Waals surface area contributed by atoms with Gasteiger partial charge in [0.25, 0.3) is 0 Å². The van der Waals surface area contributed by atoms with Crippen LogP contribution in [-0.4, -0.2) is 9.97 Å². The molecule has 0 saturated heterocycles. The molecular weight excluding hydrogens is 220 g/mol. The molecule has 4 nitrogen and oxygen atoms in total. The minimum absolute atomic E-state index is 0.594. The molecule has 16 heavy (non-hydrogen) atoms. The summed E-state index contributed by atoms with van der Waals surface area (Å²) in [6.07, 6.45) is 6.51. The lowest BCUT2D eigenvalue weighted by atomic mass is 10.3. The van der Waals surface area contributed by atoms with Crippen molar-refractivity contribution in [1.82, 2.24) is 9.97 Å². The fourth-order valence-corrected chi connectivity index (χ4v) is 2.03. The molecule has 2 rings (SSSR count). The molecule has 78 valence electrons. The maximum atomic E-state index is 8.93. The van der Waals surface area contributed by atoms with Crippen molar-refractivity contribution in [2.24, 2.45) is 0 Å². The Hall–Kier alpha value is -2.06. The van der Waals surface area contributed by atoms with E-state index in [0.29, 0.717) is 11.3 Å². The average Bonchev–Trinajstić information content (AvgIpc) is 2.33. The molecular formula is C11H8N4S. The third-order valence-corrected chi connectivity index (χ3v) is 3.07. The number of anilines is 1. The van der Waals surface area contributed by atoms with Crippen LogP contribution in [0.3, 0.4) is 0 Å². The second kappa shape index (κ2) is 4.64. The van der Waals surface area contributed by atoms with E-state index in [1.54, 1.807) is 30.9 Å². The van der Waals surface area contributed by atoms with E-state index in [4.69, 9.17) is 11.0 Å². The maximum Gasteiger partial charge on any atom is 0.100 e. The molecule has 2 N–H and O–H groups in total. The van der Waals surface area contributed by atoms with E-state index in [2.05, 4.69) is 16.0 Å². The van der Waals surface area contributed by atoms with Crippen LogP contribution in [0.25, 0.3) is 0 Å². The van der Waals surface area contributed by atoms with Crippen molar-refractivity contribution in [2.45, 2.75) is 9.79 Å². The van der Waals surface area contributed by atoms with Crippen LogP contribution in [0.2, 0.25) is 0 Å². The summed E-state index contributed by atoms with van der Waals surface area (Å²) in [7, 11) is 0. The van der Waals surface area contributed by atoms with Gasteiger partial charge < -0.3 is 5.73 Å². The molecule has 0 amide bonds. The predicted molar refractivity (Wildman–Crippen MR) is 61.7 cm³/mol. The SMILES string of the molecule is N#Cc1ccncc1Sc1ccncc1N. The second-order valence-electron chi connectivity index (χ2n) is 3.00. The minimum atomic E-state index is 0.594. The van der Waals surface area contributed by atoms with Crippen molar-refractivity contribution in [3.05, 3.63) is 42.5 Å². The molecule has 0 aliphatic carbocycles. The number of pyridine rings is 2. The summed E-state index contributed by atoms with van der Waals surface area (Å²) < 4.78 is 0. The number of aromatic nitrogens is 2. The van der Waals surface area contributed by atoms with Crippen LogP contribution < -0.4 is 5.73 Å². The smallest absolute Gasteiger partial charge is 0.100 e. The first-order valence-electron chi connectivity index (χ1n) is 4.52. The fraction of sp³-hybridized carbons (Fsp3) is 0. The third-order valence-electron chi connectivity index (χ3n) is 1.93. The Morgan fingerprint density at radius 2 is 1.88 bits per heavy atom. The second-order valence-corrected chi connectivity index (χ2v) is 4.08. The molecule has 0 bridgehead atoms. The molecule has 0 aromatic carbocycles. The highest BCUT2D eigenvalue weighted by molar-refractivity contribution is 7.99. The Bertz CT molecular complexity index is 548. The highest BCUT2D eigenvalue weighted by Crippen LogP contribution is 2.32. The summed E-state index contributed by atoms with van der Waals surface area (Å²) in [5.41, 5.74) is 6.96. The molecule has 0 unspecified atom stereocenters. The van der Waals surface area contributed by atoms with E-state index < -0.39 is 0 Å². The predicted octanol–water partition coefficient (Wildman–Crippen LogP) is 2.08. The first-order chi connectivity index (χ1) is 7.81. The molecule has 0 aliphatic heterocycles. The average molecular weight is 228 g/mol. The number of nitrogens with zero attached hydrogens (tertiary/aromatic N) is 3. The van der Waals surface area contributed by atoms with Crippen molar-refractivity contribution >= 4 is 17.4 Å². The van der Waals surface area contributed by atoms with Gasteiger partial charge in [0.05, 0.1) is 17.4 Å². The Morgan fingerprint density at radius 1 is 1.12 bits per heavy atom. The van der Waals surface area contributed by atoms with E-state index in [-0.39, 0.29) is 0 Å². The molecule has 0 aliphatic rings. The molecule has 5 heteroatoms. The molecule has 0 atom stereocenters. The van der Waals surface area contributed by atoms with E-state index >= 15 is 0 Å². The van der Waals surface area contributed by atoms with Crippen LogP contribution in [-0.2, 0) is 0 Å². The van der Waals surface area contributed by atoms with Gasteiger partial charge in [0.1, 0.15) is 6.07 Å². The summed E-state index contributed by atoms with van der Waals surface area (Å²) in [5, 5.41) is 8.93. The first-order valence-corrected chi connectivity index (χ1v) is 5.34. The molecule has 2 aromatic heterocycles. The Morgan fingerprint density at radius 3 is 2.62 bits per heavy atom. The normalized spacial score (nSPS) is 9.69. The number of rotatable bonds is 2. The Labute approximate surface area is 97.1 Å². The fourth-order valence-electron chi connectivity index (χ4n) is 1.16. The van der Waals surface area contributed by atoms with Gasteiger partial charge in [0, 0.05) is 28.4 Å². The van der Waals surface area contributed by atoms with Gasteiger partial charge >= 0.3 is 0 Å². The van der Waals surface area contributed by atoms with Crippen molar-refractivity contribution in [1.29, 1.82) is 5.26 Å². The van der Waals surface area contributed by atoms with Gasteiger partial charge in [-0.2, -0.15) is 5.26 Å². The first kappa shape index (κ1) is 10.5. The van der Waals surface area contributed by atoms with Gasteiger partial charge in [-0.25, -0.2) is 0 Å². The number of nitrogens with two attached hydrogens (primary N) is 1. The van der Waals surface area contributed by atoms with Crippen LogP contribution in [0.4, 0.5) is 5.69 Å². The van der Waals surface area contributed by atoms with Gasteiger partial charge in [0.2, 0.25) is 0 Å². The number of nitriles is 1. The molecule has 2 aromatic rings. The third kappa shape index (κ3) is 2.12. The van der Waals surface area contributed by atoms with Gasteiger partial charge in [-0.1, -0.05) is 11.8 Å². The molecule has 0 spiro atoms. The van der Waals surface area contributed by atoms with Gasteiger partial charge in [-0.15, -0.1) is 0 Å². The van der Waals surface area contributed by atoms with Gasteiger partial charge in [-0.3, -0.25) is 9.97 Å². The summed E-state index contributed by atoms with van der Waals surface area (Å²) in [6, 6.07) is 5.61. The van der Waals surface area contributed by atoms with E-state index in [0.717, 1.165) is 9.79 Å². The highest BCUT2D eigenvalue weighted by Gasteiger charge is 2.06. The zero-order chi connectivity index (χ0) is 11.4. The molecule has 2 heterocycles. The number of hydrogen-bond donors (Lipinski definition) is 1. The standard InChI is InChI=1S/C11H8N4S/c12-5-8-1-3-15-7-11(8)16-10-2-4-14-6-9(10)13/h1-4,6-7H,13H2. The maximum absolute atomic E-state index is 8.93. The van der Waals surface area contributed by atoms with Crippen molar-refractivity contribution in [3.8, 4) is 6.07 Å². The monoisotopic (exact) mass is 228 g/mol. The lowest BCUT2D eigenvalue weighted by molar-refractivity contribution is 1.20. The number of hydrogen-bond acceptors (Lipinski definition) is 5. The Balaban J connectivity index is 2.35. The van der Waals surface area contributed by atoms with Crippen molar-refractivity contribution < 1.29 is 0 Å². The minimum Gasteiger partial charge on any atom is -0.397 e. The summed E-state index contributed by atoms with van der Waals surface area (Å²) >= 11 is 1.42. The molecule has 0 saturated carbocycles. The Kier molecular flexibility index (Phi) is 3.03. The van der Waals surface area contributed by atoms with Crippen molar-refractivity contribution in [2.75, 3.05) is 5.73 Å². The zero-order valence-electron chi connectivity index (χ0n) is 8.29. The van der Waals surface area contributed by atoms with Crippen LogP contribution in [0, 0.1) is 11.3 Å². The molecule has 0 fully saturated rings. The van der Waals surface area contributed by atoms with Crippen molar-refractivity contribution in [3.63, 3.8) is 0 Å². The summed E-state index contributed by atoms with van der Waals surface area (Å²) in [5.74, 6) is 0.